The molecule has 0 amide bonds. The zero-order chi connectivity index (χ0) is 26.6. The maximum atomic E-state index is 2.41. The second-order valence-corrected chi connectivity index (χ2v) is 12.6. The minimum absolute atomic E-state index is 1.40. The highest BCUT2D eigenvalue weighted by Crippen LogP contribution is 2.61. The third kappa shape index (κ3) is 1.71. The summed E-state index contributed by atoms with van der Waals surface area (Å²) < 4.78 is 0. The van der Waals surface area contributed by atoms with Crippen LogP contribution in [0.3, 0.4) is 0 Å². The van der Waals surface area contributed by atoms with Gasteiger partial charge in [-0.05, 0) is 129 Å². The smallest absolute Gasteiger partial charge is 0.0000688 e. The average Bonchev–Trinajstić information content (AvgIpc) is 3.00. The molecule has 0 unspecified atom stereocenters. The van der Waals surface area contributed by atoms with Gasteiger partial charge < -0.3 is 0 Å². The van der Waals surface area contributed by atoms with Gasteiger partial charge in [-0.3, -0.25) is 0 Å². The van der Waals surface area contributed by atoms with E-state index in [0.29, 0.717) is 0 Å². The molecule has 0 aromatic heterocycles. The van der Waals surface area contributed by atoms with E-state index in [1.54, 1.807) is 0 Å². The van der Waals surface area contributed by atoms with Crippen molar-refractivity contribution in [3.8, 4) is 0 Å². The third-order valence-corrected chi connectivity index (χ3v) is 11.1. The van der Waals surface area contributed by atoms with E-state index >= 15 is 0 Å². The molecule has 42 heavy (non-hydrogen) atoms. The molecule has 13 aromatic carbocycles. The molecule has 0 nitrogen and oxygen atoms in total. The summed E-state index contributed by atoms with van der Waals surface area (Å²) in [6.45, 7) is 0. The van der Waals surface area contributed by atoms with E-state index < -0.39 is 0 Å². The molecular formula is C42H18. The van der Waals surface area contributed by atoms with Crippen LogP contribution < -0.4 is 0 Å². The fourth-order valence-corrected chi connectivity index (χ4v) is 9.47. The summed E-state index contributed by atoms with van der Waals surface area (Å²) >= 11 is 0. The van der Waals surface area contributed by atoms with Crippen molar-refractivity contribution in [2.75, 3.05) is 0 Å². The van der Waals surface area contributed by atoms with Crippen molar-refractivity contribution in [3.63, 3.8) is 0 Å². The molecule has 0 atom stereocenters. The molecule has 13 rings (SSSR count). The molecule has 0 bridgehead atoms. The van der Waals surface area contributed by atoms with Gasteiger partial charge in [0.2, 0.25) is 0 Å². The number of benzene rings is 7. The van der Waals surface area contributed by atoms with Crippen molar-refractivity contribution < 1.29 is 0 Å². The van der Waals surface area contributed by atoms with Gasteiger partial charge in [-0.2, -0.15) is 0 Å². The summed E-state index contributed by atoms with van der Waals surface area (Å²) in [6.07, 6.45) is 0. The highest BCUT2D eigenvalue weighted by Gasteiger charge is 2.32. The van der Waals surface area contributed by atoms with Crippen LogP contribution in [0.2, 0.25) is 0 Å². The first-order valence-electron chi connectivity index (χ1n) is 15.0. The molecule has 0 N–H and O–H groups in total. The molecule has 0 aliphatic carbocycles. The molecule has 0 radical (unpaired) electrons. The topological polar surface area (TPSA) is 0 Å². The van der Waals surface area contributed by atoms with Crippen LogP contribution in [0, 0.1) is 0 Å². The standard InChI is InChI=1S/C42H18/c1-4-10-22-19(7-1)25-13-16-28-34(31(22)25)40-37(28)41-36-30(18-15-27-21-9-3-6-12-24(21)33(27)36)39(41)42-35-29(38(40)42)17-14-26-20-8-2-5-11-23(20)32(26)35/h1-18H. The van der Waals surface area contributed by atoms with Crippen LogP contribution >= 0.6 is 0 Å². The molecule has 0 aliphatic rings. The zero-order valence-corrected chi connectivity index (χ0v) is 22.4. The molecule has 0 saturated heterocycles. The second kappa shape index (κ2) is 5.93. The molecule has 0 spiro atoms. The Bertz CT molecular complexity index is 2840. The predicted molar refractivity (Wildman–Crippen MR) is 184 cm³/mol. The Hall–Kier alpha value is -5.46. The summed E-state index contributed by atoms with van der Waals surface area (Å²) in [5.41, 5.74) is 0. The molecule has 13 aromatic rings. The fourth-order valence-electron chi connectivity index (χ4n) is 9.47. The lowest BCUT2D eigenvalue weighted by Gasteiger charge is -2.31. The highest BCUT2D eigenvalue weighted by atomic mass is 14.3. The summed E-state index contributed by atoms with van der Waals surface area (Å²) in [6, 6.07) is 41.2. The molecule has 186 valence electrons. The lowest BCUT2D eigenvalue weighted by molar-refractivity contribution is 1.80. The predicted octanol–water partition coefficient (Wildman–Crippen LogP) is 12.2. The number of hydrogen-bond donors (Lipinski definition) is 0. The molecule has 0 aliphatic heterocycles. The summed E-state index contributed by atoms with van der Waals surface area (Å²) in [4.78, 5) is 0. The number of rotatable bonds is 0. The van der Waals surface area contributed by atoms with Gasteiger partial charge in [-0.15, -0.1) is 0 Å². The first-order valence-corrected chi connectivity index (χ1v) is 15.0. The van der Waals surface area contributed by atoms with Gasteiger partial charge in [-0.25, -0.2) is 0 Å². The van der Waals surface area contributed by atoms with Crippen molar-refractivity contribution in [2.45, 2.75) is 0 Å². The van der Waals surface area contributed by atoms with Gasteiger partial charge in [0.15, 0.2) is 0 Å². The maximum absolute atomic E-state index is 2.41. The SMILES string of the molecule is c1ccc2c(c1)c1ccc3c(c21)c1c2c4ccc5c6ccccc6c5c4c2c2c4ccc5c6ccccc6c5c4c2c31. The molecular weight excluding hydrogens is 504 g/mol. The first kappa shape index (κ1) is 19.6. The monoisotopic (exact) mass is 522 g/mol. The molecule has 0 heteroatoms. The van der Waals surface area contributed by atoms with Crippen LogP contribution in [-0.2, 0) is 0 Å². The van der Waals surface area contributed by atoms with E-state index in [1.807, 2.05) is 0 Å². The Morgan fingerprint density at radius 2 is 0.357 bits per heavy atom. The Morgan fingerprint density at radius 3 is 0.667 bits per heavy atom. The molecule has 0 fully saturated rings. The van der Waals surface area contributed by atoms with Gasteiger partial charge >= 0.3 is 0 Å². The van der Waals surface area contributed by atoms with Gasteiger partial charge in [0, 0.05) is 0 Å². The summed E-state index contributed by atoms with van der Waals surface area (Å²) in [5, 5.41) is 34.8. The van der Waals surface area contributed by atoms with Crippen molar-refractivity contribution in [3.05, 3.63) is 109 Å². The van der Waals surface area contributed by atoms with Crippen LogP contribution in [0.25, 0.3) is 129 Å². The van der Waals surface area contributed by atoms with E-state index in [0.717, 1.165) is 0 Å². The van der Waals surface area contributed by atoms with E-state index in [9.17, 15) is 0 Å². The van der Waals surface area contributed by atoms with Crippen LogP contribution in [0.5, 0.6) is 0 Å². The normalized spacial score (nSPS) is 13.7. The van der Waals surface area contributed by atoms with Crippen LogP contribution in [-0.4, -0.2) is 0 Å². The Kier molecular flexibility index (Phi) is 2.77. The quantitative estimate of drug-likeness (QED) is 0.186. The third-order valence-electron chi connectivity index (χ3n) is 11.1. The number of fused-ring (bicyclic) bond motifs is 30. The Balaban J connectivity index is 1.33. The van der Waals surface area contributed by atoms with Gasteiger partial charge in [-0.1, -0.05) is 109 Å². The largest absolute Gasteiger partial charge is 0.0616 e. The number of hydrogen-bond acceptors (Lipinski definition) is 0. The van der Waals surface area contributed by atoms with Gasteiger partial charge in [0.1, 0.15) is 0 Å². The molecule has 0 saturated carbocycles. The molecule has 0 heterocycles. The fraction of sp³-hybridized carbons (Fsp3) is 0. The van der Waals surface area contributed by atoms with Gasteiger partial charge in [0.05, 0.1) is 0 Å². The van der Waals surface area contributed by atoms with E-state index in [4.69, 9.17) is 0 Å². The van der Waals surface area contributed by atoms with Crippen LogP contribution in [0.4, 0.5) is 0 Å². The van der Waals surface area contributed by atoms with Crippen molar-refractivity contribution in [1.82, 2.24) is 0 Å². The summed E-state index contributed by atoms with van der Waals surface area (Å²) in [5.74, 6) is 0. The van der Waals surface area contributed by atoms with Crippen molar-refractivity contribution in [2.24, 2.45) is 0 Å². The lowest BCUT2D eigenvalue weighted by atomic mass is 9.71. The summed E-state index contributed by atoms with van der Waals surface area (Å²) in [7, 11) is 0. The minimum atomic E-state index is 1.40. The lowest BCUT2D eigenvalue weighted by Crippen LogP contribution is -2.02. The van der Waals surface area contributed by atoms with E-state index in [-0.39, 0.29) is 0 Å². The second-order valence-electron chi connectivity index (χ2n) is 12.6. The maximum Gasteiger partial charge on any atom is -0.0000688 e. The minimum Gasteiger partial charge on any atom is -0.0616 e. The van der Waals surface area contributed by atoms with Crippen molar-refractivity contribution in [1.29, 1.82) is 0 Å². The highest BCUT2D eigenvalue weighted by molar-refractivity contribution is 6.63. The Labute approximate surface area is 237 Å². The van der Waals surface area contributed by atoms with E-state index in [2.05, 4.69) is 109 Å². The van der Waals surface area contributed by atoms with Crippen LogP contribution in [0.15, 0.2) is 109 Å². The zero-order valence-electron chi connectivity index (χ0n) is 22.4. The van der Waals surface area contributed by atoms with Gasteiger partial charge in [0.25, 0.3) is 0 Å². The Morgan fingerprint density at radius 1 is 0.143 bits per heavy atom. The van der Waals surface area contributed by atoms with Crippen molar-refractivity contribution >= 4 is 129 Å². The first-order chi connectivity index (χ1) is 20.9. The average molecular weight is 523 g/mol. The van der Waals surface area contributed by atoms with E-state index in [1.165, 1.54) is 129 Å². The van der Waals surface area contributed by atoms with Crippen LogP contribution in [0.1, 0.15) is 0 Å².